The van der Waals surface area contributed by atoms with Crippen LogP contribution in [0.5, 0.6) is 0 Å². The van der Waals surface area contributed by atoms with E-state index in [-0.39, 0.29) is 19.0 Å². The second-order valence-corrected chi connectivity index (χ2v) is 5.65. The molecular formula is C16H22N2O3. The molecule has 1 heterocycles. The van der Waals surface area contributed by atoms with Gasteiger partial charge in [-0.05, 0) is 30.9 Å². The van der Waals surface area contributed by atoms with Gasteiger partial charge >= 0.3 is 5.97 Å². The largest absolute Gasteiger partial charge is 0.480 e. The fraction of sp³-hybridized carbons (Fsp3) is 0.500. The highest BCUT2D eigenvalue weighted by atomic mass is 16.4. The van der Waals surface area contributed by atoms with Gasteiger partial charge in [0, 0.05) is 18.8 Å². The van der Waals surface area contributed by atoms with Crippen molar-refractivity contribution in [3.8, 4) is 0 Å². The first-order valence-corrected chi connectivity index (χ1v) is 7.36. The molecule has 5 heteroatoms. The molecule has 0 aromatic heterocycles. The van der Waals surface area contributed by atoms with Crippen molar-refractivity contribution in [3.63, 3.8) is 0 Å². The fourth-order valence-electron chi connectivity index (χ4n) is 2.56. The molecule has 1 aromatic rings. The monoisotopic (exact) mass is 290 g/mol. The maximum Gasteiger partial charge on any atom is 0.323 e. The van der Waals surface area contributed by atoms with E-state index in [4.69, 9.17) is 5.11 Å². The van der Waals surface area contributed by atoms with Gasteiger partial charge in [0.05, 0.1) is 6.54 Å². The number of hydrogen-bond acceptors (Lipinski definition) is 3. The summed E-state index contributed by atoms with van der Waals surface area (Å²) in [6.07, 6.45) is 2.05. The average molecular weight is 290 g/mol. The molecule has 0 unspecified atom stereocenters. The molecule has 5 nitrogen and oxygen atoms in total. The second kappa shape index (κ2) is 7.11. The van der Waals surface area contributed by atoms with Crippen LogP contribution in [0.4, 0.5) is 5.69 Å². The molecule has 0 spiro atoms. The maximum absolute atomic E-state index is 12.4. The minimum absolute atomic E-state index is 0.00648. The molecule has 0 saturated carbocycles. The van der Waals surface area contributed by atoms with Gasteiger partial charge in [-0.15, -0.1) is 0 Å². The summed E-state index contributed by atoms with van der Waals surface area (Å²) in [7, 11) is 0. The Labute approximate surface area is 125 Å². The standard InChI is InChI=1S/C16H22N2O3/c1-13-7-9-17(10-8-13)15(19)11-18(12-16(20)21)14-5-3-2-4-6-14/h2-6,13H,7-12H2,1H3,(H,20,21). The van der Waals surface area contributed by atoms with Crippen molar-refractivity contribution in [2.75, 3.05) is 31.1 Å². The summed E-state index contributed by atoms with van der Waals surface area (Å²) in [4.78, 5) is 26.8. The Kier molecular flexibility index (Phi) is 5.20. The minimum Gasteiger partial charge on any atom is -0.480 e. The number of nitrogens with zero attached hydrogens (tertiary/aromatic N) is 2. The van der Waals surface area contributed by atoms with Crippen LogP contribution in [0.3, 0.4) is 0 Å². The zero-order chi connectivity index (χ0) is 15.2. The molecule has 1 saturated heterocycles. The molecule has 1 aliphatic heterocycles. The van der Waals surface area contributed by atoms with E-state index < -0.39 is 5.97 Å². The number of anilines is 1. The van der Waals surface area contributed by atoms with Crippen molar-refractivity contribution in [1.29, 1.82) is 0 Å². The summed E-state index contributed by atoms with van der Waals surface area (Å²) in [6.45, 7) is 3.69. The first-order valence-electron chi connectivity index (χ1n) is 7.36. The van der Waals surface area contributed by atoms with Crippen molar-refractivity contribution in [2.24, 2.45) is 5.92 Å². The Balaban J connectivity index is 2.01. The van der Waals surface area contributed by atoms with Gasteiger partial charge in [0.25, 0.3) is 0 Å². The van der Waals surface area contributed by atoms with Crippen LogP contribution in [0.25, 0.3) is 0 Å². The number of hydrogen-bond donors (Lipinski definition) is 1. The highest BCUT2D eigenvalue weighted by Crippen LogP contribution is 2.18. The number of aliphatic carboxylic acids is 1. The Morgan fingerprint density at radius 2 is 1.81 bits per heavy atom. The Morgan fingerprint density at radius 3 is 2.38 bits per heavy atom. The quantitative estimate of drug-likeness (QED) is 0.899. The average Bonchev–Trinajstić information content (AvgIpc) is 2.47. The lowest BCUT2D eigenvalue weighted by molar-refractivity contribution is -0.135. The lowest BCUT2D eigenvalue weighted by Gasteiger charge is -2.32. The molecule has 21 heavy (non-hydrogen) atoms. The predicted octanol–water partition coefficient (Wildman–Crippen LogP) is 1.84. The van der Waals surface area contributed by atoms with Crippen LogP contribution in [-0.4, -0.2) is 48.1 Å². The molecular weight excluding hydrogens is 268 g/mol. The number of amides is 1. The fourth-order valence-corrected chi connectivity index (χ4v) is 2.56. The van der Waals surface area contributed by atoms with Crippen LogP contribution in [-0.2, 0) is 9.59 Å². The van der Waals surface area contributed by atoms with E-state index in [0.29, 0.717) is 5.92 Å². The van der Waals surface area contributed by atoms with Crippen LogP contribution in [0.15, 0.2) is 30.3 Å². The molecule has 0 aliphatic carbocycles. The maximum atomic E-state index is 12.4. The molecule has 1 N–H and O–H groups in total. The van der Waals surface area contributed by atoms with Gasteiger partial charge in [0.15, 0.2) is 0 Å². The molecule has 0 atom stereocenters. The van der Waals surface area contributed by atoms with Gasteiger partial charge in [0.2, 0.25) is 5.91 Å². The van der Waals surface area contributed by atoms with Gasteiger partial charge in [-0.25, -0.2) is 0 Å². The van der Waals surface area contributed by atoms with E-state index in [9.17, 15) is 9.59 Å². The highest BCUT2D eigenvalue weighted by molar-refractivity contribution is 5.84. The van der Waals surface area contributed by atoms with Crippen LogP contribution in [0, 0.1) is 5.92 Å². The molecule has 1 fully saturated rings. The van der Waals surface area contributed by atoms with Crippen molar-refractivity contribution in [3.05, 3.63) is 30.3 Å². The van der Waals surface area contributed by atoms with E-state index in [0.717, 1.165) is 31.6 Å². The minimum atomic E-state index is -0.932. The van der Waals surface area contributed by atoms with Crippen molar-refractivity contribution in [1.82, 2.24) is 4.90 Å². The van der Waals surface area contributed by atoms with E-state index in [1.807, 2.05) is 35.2 Å². The third kappa shape index (κ3) is 4.48. The number of carbonyl (C=O) groups is 2. The summed E-state index contributed by atoms with van der Waals surface area (Å²) in [5.74, 6) is -0.260. The Hall–Kier alpha value is -2.04. The number of carboxylic acid groups (broad SMARTS) is 1. The SMILES string of the molecule is CC1CCN(C(=O)CN(CC(=O)O)c2ccccc2)CC1. The lowest BCUT2D eigenvalue weighted by atomic mass is 9.99. The number of likely N-dealkylation sites (tertiary alicyclic amines) is 1. The zero-order valence-electron chi connectivity index (χ0n) is 12.4. The Bertz CT molecular complexity index is 482. The van der Waals surface area contributed by atoms with Crippen LogP contribution in [0.2, 0.25) is 0 Å². The van der Waals surface area contributed by atoms with Crippen LogP contribution >= 0.6 is 0 Å². The smallest absolute Gasteiger partial charge is 0.323 e. The lowest BCUT2D eigenvalue weighted by Crippen LogP contribution is -2.45. The third-order valence-corrected chi connectivity index (χ3v) is 3.91. The molecule has 1 aromatic carbocycles. The number of carbonyl (C=O) groups excluding carboxylic acids is 1. The van der Waals surface area contributed by atoms with Gasteiger partial charge in [-0.1, -0.05) is 25.1 Å². The van der Waals surface area contributed by atoms with E-state index in [1.165, 1.54) is 0 Å². The number of para-hydroxylation sites is 1. The van der Waals surface area contributed by atoms with Crippen molar-refractivity contribution >= 4 is 17.6 Å². The summed E-state index contributed by atoms with van der Waals surface area (Å²) < 4.78 is 0. The second-order valence-electron chi connectivity index (χ2n) is 5.65. The number of rotatable bonds is 5. The third-order valence-electron chi connectivity index (χ3n) is 3.91. The normalized spacial score (nSPS) is 15.8. The first-order chi connectivity index (χ1) is 10.1. The molecule has 2 rings (SSSR count). The molecule has 0 radical (unpaired) electrons. The first kappa shape index (κ1) is 15.4. The van der Waals surface area contributed by atoms with Gasteiger partial charge in [0.1, 0.15) is 6.54 Å². The zero-order valence-corrected chi connectivity index (χ0v) is 12.4. The van der Waals surface area contributed by atoms with Crippen LogP contribution in [0.1, 0.15) is 19.8 Å². The van der Waals surface area contributed by atoms with Crippen molar-refractivity contribution in [2.45, 2.75) is 19.8 Å². The molecule has 1 amide bonds. The predicted molar refractivity (Wildman–Crippen MR) is 81.3 cm³/mol. The van der Waals surface area contributed by atoms with Gasteiger partial charge < -0.3 is 14.9 Å². The van der Waals surface area contributed by atoms with E-state index in [2.05, 4.69) is 6.92 Å². The van der Waals surface area contributed by atoms with Crippen LogP contribution < -0.4 is 4.90 Å². The van der Waals surface area contributed by atoms with E-state index >= 15 is 0 Å². The summed E-state index contributed by atoms with van der Waals surface area (Å²) >= 11 is 0. The summed E-state index contributed by atoms with van der Waals surface area (Å²) in [5, 5.41) is 9.04. The molecule has 0 bridgehead atoms. The van der Waals surface area contributed by atoms with Crippen molar-refractivity contribution < 1.29 is 14.7 Å². The molecule has 1 aliphatic rings. The summed E-state index contributed by atoms with van der Waals surface area (Å²) in [5.41, 5.74) is 0.763. The Morgan fingerprint density at radius 1 is 1.19 bits per heavy atom. The number of carboxylic acids is 1. The summed E-state index contributed by atoms with van der Waals surface area (Å²) in [6, 6.07) is 9.22. The topological polar surface area (TPSA) is 60.9 Å². The molecule has 114 valence electrons. The van der Waals surface area contributed by atoms with Gasteiger partial charge in [-0.2, -0.15) is 0 Å². The van der Waals surface area contributed by atoms with E-state index in [1.54, 1.807) is 4.90 Å². The van der Waals surface area contributed by atoms with Gasteiger partial charge in [-0.3, -0.25) is 9.59 Å². The number of benzene rings is 1. The number of piperidine rings is 1. The highest BCUT2D eigenvalue weighted by Gasteiger charge is 2.23.